The quantitative estimate of drug-likeness (QED) is 0.680. The molecule has 0 aliphatic carbocycles. The Hall–Kier alpha value is -1.37. The maximum atomic E-state index is 11.3. The van der Waals surface area contributed by atoms with Crippen molar-refractivity contribution in [2.24, 2.45) is 0 Å². The fourth-order valence-corrected chi connectivity index (χ4v) is 1.64. The van der Waals surface area contributed by atoms with Gasteiger partial charge in [-0.15, -0.1) is 0 Å². The number of hydrogen-bond donors (Lipinski definition) is 0. The van der Waals surface area contributed by atoms with Crippen LogP contribution in [0.2, 0.25) is 0 Å². The van der Waals surface area contributed by atoms with Gasteiger partial charge in [-0.25, -0.2) is 0 Å². The minimum atomic E-state index is 0.181. The third-order valence-electron chi connectivity index (χ3n) is 2.61. The number of Topliss-reactive ketones (excluding diaryl/α,β-unsaturated/α-hetero) is 1. The predicted octanol–water partition coefficient (Wildman–Crippen LogP) is 3.72. The molecule has 15 heavy (non-hydrogen) atoms. The molecule has 1 aromatic carbocycles. The van der Waals surface area contributed by atoms with Crippen LogP contribution in [0.3, 0.4) is 0 Å². The van der Waals surface area contributed by atoms with Gasteiger partial charge in [0, 0.05) is 0 Å². The Morgan fingerprint density at radius 1 is 1.33 bits per heavy atom. The molecule has 80 valence electrons. The zero-order valence-electron chi connectivity index (χ0n) is 9.66. The molecule has 0 saturated carbocycles. The third-order valence-corrected chi connectivity index (χ3v) is 2.61. The van der Waals surface area contributed by atoms with E-state index in [1.54, 1.807) is 6.92 Å². The van der Waals surface area contributed by atoms with Crippen molar-refractivity contribution in [2.45, 2.75) is 33.1 Å². The van der Waals surface area contributed by atoms with E-state index in [9.17, 15) is 4.79 Å². The number of allylic oxidation sites excluding steroid dienone is 2. The van der Waals surface area contributed by atoms with Crippen LogP contribution in [0.25, 0.3) is 0 Å². The van der Waals surface area contributed by atoms with Crippen LogP contribution in [0.4, 0.5) is 0 Å². The van der Waals surface area contributed by atoms with Crippen LogP contribution < -0.4 is 0 Å². The van der Waals surface area contributed by atoms with Crippen molar-refractivity contribution in [2.75, 3.05) is 0 Å². The number of carbonyl (C=O) groups is 1. The molecule has 0 heterocycles. The summed E-state index contributed by atoms with van der Waals surface area (Å²) in [6, 6.07) is 10.2. The number of carbonyl (C=O) groups excluding carboxylic acids is 1. The molecule has 1 aromatic rings. The van der Waals surface area contributed by atoms with Crippen LogP contribution in [0.15, 0.2) is 42.0 Å². The van der Waals surface area contributed by atoms with E-state index >= 15 is 0 Å². The van der Waals surface area contributed by atoms with E-state index in [0.717, 1.165) is 12.0 Å². The lowest BCUT2D eigenvalue weighted by molar-refractivity contribution is -0.113. The first kappa shape index (κ1) is 11.7. The summed E-state index contributed by atoms with van der Waals surface area (Å²) >= 11 is 0. The summed E-state index contributed by atoms with van der Waals surface area (Å²) in [5.41, 5.74) is 2.18. The average Bonchev–Trinajstić information content (AvgIpc) is 2.26. The van der Waals surface area contributed by atoms with E-state index in [1.807, 2.05) is 25.1 Å². The minimum absolute atomic E-state index is 0.181. The fraction of sp³-hybridized carbons (Fsp3) is 0.357. The highest BCUT2D eigenvalue weighted by molar-refractivity contribution is 5.93. The molecule has 0 N–H and O–H groups in total. The molecule has 0 aliphatic rings. The zero-order chi connectivity index (χ0) is 11.3. The molecule has 0 aromatic heterocycles. The second kappa shape index (κ2) is 5.50. The zero-order valence-corrected chi connectivity index (χ0v) is 9.66. The molecule has 0 bridgehead atoms. The standard InChI is InChI=1S/C14H18O/c1-4-13(12(3)15)10-11(2)14-8-6-5-7-9-14/h5-11H,4H2,1-3H3/b13-10-. The van der Waals surface area contributed by atoms with Gasteiger partial charge in [0.05, 0.1) is 0 Å². The van der Waals surface area contributed by atoms with Crippen molar-refractivity contribution in [3.05, 3.63) is 47.5 Å². The first-order chi connectivity index (χ1) is 7.15. The van der Waals surface area contributed by atoms with Crippen molar-refractivity contribution >= 4 is 5.78 Å². The van der Waals surface area contributed by atoms with Crippen molar-refractivity contribution in [1.29, 1.82) is 0 Å². The number of ketones is 1. The fourth-order valence-electron chi connectivity index (χ4n) is 1.64. The molecule has 0 aliphatic heterocycles. The maximum Gasteiger partial charge on any atom is 0.155 e. The number of rotatable bonds is 4. The van der Waals surface area contributed by atoms with Gasteiger partial charge in [-0.1, -0.05) is 50.3 Å². The highest BCUT2D eigenvalue weighted by Gasteiger charge is 2.05. The number of benzene rings is 1. The van der Waals surface area contributed by atoms with Crippen molar-refractivity contribution in [3.63, 3.8) is 0 Å². The summed E-state index contributed by atoms with van der Waals surface area (Å²) in [6.45, 7) is 5.77. The summed E-state index contributed by atoms with van der Waals surface area (Å²) < 4.78 is 0. The molecular formula is C14H18O. The smallest absolute Gasteiger partial charge is 0.155 e. The predicted molar refractivity (Wildman–Crippen MR) is 63.9 cm³/mol. The van der Waals surface area contributed by atoms with Gasteiger partial charge >= 0.3 is 0 Å². The largest absolute Gasteiger partial charge is 0.295 e. The molecule has 1 rings (SSSR count). The molecule has 0 fully saturated rings. The molecular weight excluding hydrogens is 184 g/mol. The van der Waals surface area contributed by atoms with Crippen LogP contribution in [0.1, 0.15) is 38.7 Å². The molecule has 0 spiro atoms. The summed E-state index contributed by atoms with van der Waals surface area (Å²) in [5, 5.41) is 0. The summed E-state index contributed by atoms with van der Waals surface area (Å²) in [6.07, 6.45) is 2.88. The highest BCUT2D eigenvalue weighted by Crippen LogP contribution is 2.19. The lowest BCUT2D eigenvalue weighted by atomic mass is 9.96. The summed E-state index contributed by atoms with van der Waals surface area (Å²) in [4.78, 5) is 11.3. The van der Waals surface area contributed by atoms with Gasteiger partial charge in [0.1, 0.15) is 0 Å². The second-order valence-corrected chi connectivity index (χ2v) is 3.80. The Labute approximate surface area is 91.8 Å². The van der Waals surface area contributed by atoms with E-state index in [-0.39, 0.29) is 5.78 Å². The monoisotopic (exact) mass is 202 g/mol. The molecule has 0 amide bonds. The summed E-state index contributed by atoms with van der Waals surface area (Å²) in [7, 11) is 0. The Balaban J connectivity index is 2.86. The van der Waals surface area contributed by atoms with Crippen molar-refractivity contribution in [1.82, 2.24) is 0 Å². The lowest BCUT2D eigenvalue weighted by Gasteiger charge is -2.08. The summed E-state index contributed by atoms with van der Waals surface area (Å²) in [5.74, 6) is 0.491. The first-order valence-corrected chi connectivity index (χ1v) is 5.41. The third kappa shape index (κ3) is 3.35. The van der Waals surface area contributed by atoms with Gasteiger partial charge < -0.3 is 0 Å². The molecule has 0 radical (unpaired) electrons. The SMILES string of the molecule is CC/C(=C/C(C)c1ccccc1)C(C)=O. The van der Waals surface area contributed by atoms with Gasteiger partial charge in [0.25, 0.3) is 0 Å². The van der Waals surface area contributed by atoms with Crippen molar-refractivity contribution in [3.8, 4) is 0 Å². The second-order valence-electron chi connectivity index (χ2n) is 3.80. The van der Waals surface area contributed by atoms with E-state index in [0.29, 0.717) is 5.92 Å². The normalized spacial score (nSPS) is 13.7. The Morgan fingerprint density at radius 3 is 2.40 bits per heavy atom. The average molecular weight is 202 g/mol. The van der Waals surface area contributed by atoms with Crippen LogP contribution >= 0.6 is 0 Å². The van der Waals surface area contributed by atoms with Crippen LogP contribution in [0.5, 0.6) is 0 Å². The Kier molecular flexibility index (Phi) is 4.29. The van der Waals surface area contributed by atoms with Crippen LogP contribution in [-0.2, 0) is 4.79 Å². The van der Waals surface area contributed by atoms with E-state index < -0.39 is 0 Å². The molecule has 1 atom stereocenters. The highest BCUT2D eigenvalue weighted by atomic mass is 16.1. The Bertz CT molecular complexity index is 349. The van der Waals surface area contributed by atoms with E-state index in [1.165, 1.54) is 5.56 Å². The van der Waals surface area contributed by atoms with Gasteiger partial charge in [-0.3, -0.25) is 4.79 Å². The van der Waals surface area contributed by atoms with Crippen LogP contribution in [-0.4, -0.2) is 5.78 Å². The molecule has 1 unspecified atom stereocenters. The maximum absolute atomic E-state index is 11.3. The topological polar surface area (TPSA) is 17.1 Å². The van der Waals surface area contributed by atoms with Crippen LogP contribution in [0, 0.1) is 0 Å². The van der Waals surface area contributed by atoms with Gasteiger partial charge in [-0.05, 0) is 30.4 Å². The number of hydrogen-bond acceptors (Lipinski definition) is 1. The Morgan fingerprint density at radius 2 is 1.93 bits per heavy atom. The van der Waals surface area contributed by atoms with Gasteiger partial charge in [-0.2, -0.15) is 0 Å². The first-order valence-electron chi connectivity index (χ1n) is 5.41. The van der Waals surface area contributed by atoms with Gasteiger partial charge in [0.15, 0.2) is 5.78 Å². The van der Waals surface area contributed by atoms with Crippen molar-refractivity contribution < 1.29 is 4.79 Å². The van der Waals surface area contributed by atoms with E-state index in [4.69, 9.17) is 0 Å². The van der Waals surface area contributed by atoms with Gasteiger partial charge in [0.2, 0.25) is 0 Å². The molecule has 0 saturated heterocycles. The lowest BCUT2D eigenvalue weighted by Crippen LogP contribution is -1.98. The minimum Gasteiger partial charge on any atom is -0.295 e. The van der Waals surface area contributed by atoms with E-state index in [2.05, 4.69) is 25.1 Å². The molecule has 1 nitrogen and oxygen atoms in total. The molecule has 1 heteroatoms.